The number of benzene rings is 1. The molecule has 1 aromatic carbocycles. The van der Waals surface area contributed by atoms with Crippen molar-refractivity contribution in [2.45, 2.75) is 20.3 Å². The van der Waals surface area contributed by atoms with Crippen LogP contribution in [0, 0.1) is 5.92 Å². The molecule has 0 spiro atoms. The van der Waals surface area contributed by atoms with Gasteiger partial charge < -0.3 is 19.5 Å². The van der Waals surface area contributed by atoms with Crippen molar-refractivity contribution in [2.24, 2.45) is 5.92 Å². The van der Waals surface area contributed by atoms with Gasteiger partial charge in [0.25, 0.3) is 5.91 Å². The fourth-order valence-electron chi connectivity index (χ4n) is 1.86. The van der Waals surface area contributed by atoms with E-state index in [-0.39, 0.29) is 12.3 Å². The van der Waals surface area contributed by atoms with Crippen LogP contribution in [0.2, 0.25) is 0 Å². The van der Waals surface area contributed by atoms with Gasteiger partial charge in [-0.2, -0.15) is 0 Å². The number of urea groups is 1. The highest BCUT2D eigenvalue weighted by Gasteiger charge is 2.13. The van der Waals surface area contributed by atoms with E-state index in [0.717, 1.165) is 0 Å². The van der Waals surface area contributed by atoms with Crippen LogP contribution in [-0.4, -0.2) is 45.3 Å². The number of carbonyl (C=O) groups is 3. The number of methoxy groups -OCH3 is 2. The zero-order valence-corrected chi connectivity index (χ0v) is 14.9. The van der Waals surface area contributed by atoms with Crippen molar-refractivity contribution in [1.82, 2.24) is 10.6 Å². The Morgan fingerprint density at radius 2 is 1.76 bits per heavy atom. The van der Waals surface area contributed by atoms with Crippen LogP contribution >= 0.6 is 0 Å². The Morgan fingerprint density at radius 1 is 1.08 bits per heavy atom. The lowest BCUT2D eigenvalue weighted by Gasteiger charge is -2.10. The summed E-state index contributed by atoms with van der Waals surface area (Å²) >= 11 is 0. The third-order valence-electron chi connectivity index (χ3n) is 3.08. The average Bonchev–Trinajstić information content (AvgIpc) is 2.58. The van der Waals surface area contributed by atoms with Crippen LogP contribution in [0.25, 0.3) is 0 Å². The molecule has 0 radical (unpaired) electrons. The second kappa shape index (κ2) is 10.2. The second-order valence-corrected chi connectivity index (χ2v) is 5.68. The molecule has 1 aromatic rings. The third kappa shape index (κ3) is 7.56. The monoisotopic (exact) mass is 352 g/mol. The molecule has 0 bridgehead atoms. The van der Waals surface area contributed by atoms with E-state index in [1.807, 2.05) is 13.8 Å². The minimum Gasteiger partial charge on any atom is -0.493 e. The predicted molar refractivity (Wildman–Crippen MR) is 90.6 cm³/mol. The fraction of sp³-hybridized carbons (Fsp3) is 0.471. The Hall–Kier alpha value is -2.77. The summed E-state index contributed by atoms with van der Waals surface area (Å²) in [6, 6.07) is 4.41. The number of imide groups is 1. The summed E-state index contributed by atoms with van der Waals surface area (Å²) in [5.74, 6) is 0.0193. The molecule has 0 aliphatic rings. The molecule has 2 N–H and O–H groups in total. The highest BCUT2D eigenvalue weighted by atomic mass is 16.5. The first kappa shape index (κ1) is 20.3. The lowest BCUT2D eigenvalue weighted by atomic mass is 10.1. The van der Waals surface area contributed by atoms with Crippen LogP contribution in [0.1, 0.15) is 19.4 Å². The minimum absolute atomic E-state index is 0.0345. The molecule has 0 atom stereocenters. The molecule has 138 valence electrons. The zero-order valence-electron chi connectivity index (χ0n) is 14.9. The Morgan fingerprint density at radius 3 is 2.36 bits per heavy atom. The molecule has 0 unspecified atom stereocenters. The summed E-state index contributed by atoms with van der Waals surface area (Å²) < 4.78 is 15.1. The third-order valence-corrected chi connectivity index (χ3v) is 3.08. The molecule has 25 heavy (non-hydrogen) atoms. The molecule has 3 amide bonds. The van der Waals surface area contributed by atoms with Crippen LogP contribution in [0.4, 0.5) is 4.79 Å². The summed E-state index contributed by atoms with van der Waals surface area (Å²) in [6.07, 6.45) is -0.0345. The smallest absolute Gasteiger partial charge is 0.321 e. The number of hydrogen-bond acceptors (Lipinski definition) is 6. The Kier molecular flexibility index (Phi) is 8.25. The van der Waals surface area contributed by atoms with E-state index in [9.17, 15) is 14.4 Å². The molecule has 0 aliphatic heterocycles. The molecule has 0 heterocycles. The van der Waals surface area contributed by atoms with Gasteiger partial charge in [-0.1, -0.05) is 19.9 Å². The maximum absolute atomic E-state index is 11.8. The van der Waals surface area contributed by atoms with E-state index < -0.39 is 24.5 Å². The zero-order chi connectivity index (χ0) is 18.8. The molecular formula is C17H24N2O6. The Labute approximate surface area is 146 Å². The first-order valence-corrected chi connectivity index (χ1v) is 7.80. The number of carbonyl (C=O) groups excluding carboxylic acids is 3. The largest absolute Gasteiger partial charge is 0.493 e. The molecular weight excluding hydrogens is 328 g/mol. The van der Waals surface area contributed by atoms with Gasteiger partial charge in [-0.05, 0) is 23.6 Å². The first-order valence-electron chi connectivity index (χ1n) is 7.80. The molecule has 1 rings (SSSR count). The van der Waals surface area contributed by atoms with Gasteiger partial charge in [0.2, 0.25) is 0 Å². The number of hydrogen-bond donors (Lipinski definition) is 2. The van der Waals surface area contributed by atoms with Crippen molar-refractivity contribution in [3.63, 3.8) is 0 Å². The van der Waals surface area contributed by atoms with E-state index >= 15 is 0 Å². The minimum atomic E-state index is -0.693. The quantitative estimate of drug-likeness (QED) is 0.683. The summed E-state index contributed by atoms with van der Waals surface area (Å²) in [5.41, 5.74) is 0.651. The van der Waals surface area contributed by atoms with Crippen molar-refractivity contribution >= 4 is 17.9 Å². The van der Waals surface area contributed by atoms with Crippen molar-refractivity contribution < 1.29 is 28.6 Å². The number of ether oxygens (including phenoxy) is 3. The summed E-state index contributed by atoms with van der Waals surface area (Å²) in [6.45, 7) is 3.77. The number of nitrogens with one attached hydrogen (secondary N) is 2. The van der Waals surface area contributed by atoms with Crippen molar-refractivity contribution in [3.05, 3.63) is 23.8 Å². The van der Waals surface area contributed by atoms with Gasteiger partial charge in [-0.15, -0.1) is 0 Å². The normalized spacial score (nSPS) is 10.1. The lowest BCUT2D eigenvalue weighted by Crippen LogP contribution is -2.42. The second-order valence-electron chi connectivity index (χ2n) is 5.68. The van der Waals surface area contributed by atoms with Crippen molar-refractivity contribution in [1.29, 1.82) is 0 Å². The Balaban J connectivity index is 2.42. The topological polar surface area (TPSA) is 103 Å². The summed E-state index contributed by atoms with van der Waals surface area (Å²) in [5, 5.41) is 4.61. The SMILES string of the molecule is COc1ccc(CC(=O)OCC(=O)NC(=O)NCC(C)C)cc1OC. The van der Waals surface area contributed by atoms with Gasteiger partial charge in [0.05, 0.1) is 20.6 Å². The standard InChI is InChI=1S/C17H24N2O6/c1-11(2)9-18-17(22)19-15(20)10-25-16(21)8-12-5-6-13(23-3)14(7-12)24-4/h5-7,11H,8-10H2,1-4H3,(H2,18,19,20,22). The van der Waals surface area contributed by atoms with E-state index in [1.165, 1.54) is 14.2 Å². The molecule has 0 saturated carbocycles. The molecule has 0 fully saturated rings. The van der Waals surface area contributed by atoms with Crippen molar-refractivity contribution in [2.75, 3.05) is 27.4 Å². The first-order chi connectivity index (χ1) is 11.8. The van der Waals surface area contributed by atoms with Gasteiger partial charge in [0, 0.05) is 6.54 Å². The maximum atomic E-state index is 11.8. The van der Waals surface area contributed by atoms with Gasteiger partial charge in [-0.3, -0.25) is 14.9 Å². The van der Waals surface area contributed by atoms with Crippen LogP contribution in [-0.2, 0) is 20.7 Å². The number of esters is 1. The average molecular weight is 352 g/mol. The lowest BCUT2D eigenvalue weighted by molar-refractivity contribution is -0.147. The fourth-order valence-corrected chi connectivity index (χ4v) is 1.86. The Bertz CT molecular complexity index is 615. The van der Waals surface area contributed by atoms with Crippen LogP contribution < -0.4 is 20.1 Å². The molecule has 8 nitrogen and oxygen atoms in total. The molecule has 8 heteroatoms. The van der Waals surface area contributed by atoms with Gasteiger partial charge >= 0.3 is 12.0 Å². The van der Waals surface area contributed by atoms with Gasteiger partial charge in [-0.25, -0.2) is 4.79 Å². The highest BCUT2D eigenvalue weighted by Crippen LogP contribution is 2.27. The predicted octanol–water partition coefficient (Wildman–Crippen LogP) is 1.27. The molecule has 0 saturated heterocycles. The van der Waals surface area contributed by atoms with Crippen LogP contribution in [0.5, 0.6) is 11.5 Å². The van der Waals surface area contributed by atoms with E-state index in [4.69, 9.17) is 14.2 Å². The molecule has 0 aromatic heterocycles. The summed E-state index contributed by atoms with van der Waals surface area (Å²) in [7, 11) is 3.01. The number of rotatable bonds is 8. The number of amides is 3. The molecule has 0 aliphatic carbocycles. The summed E-state index contributed by atoms with van der Waals surface area (Å²) in [4.78, 5) is 34.8. The highest BCUT2D eigenvalue weighted by molar-refractivity contribution is 5.95. The van der Waals surface area contributed by atoms with E-state index in [2.05, 4.69) is 10.6 Å². The van der Waals surface area contributed by atoms with E-state index in [0.29, 0.717) is 23.6 Å². The maximum Gasteiger partial charge on any atom is 0.321 e. The van der Waals surface area contributed by atoms with Crippen molar-refractivity contribution in [3.8, 4) is 11.5 Å². The van der Waals surface area contributed by atoms with Crippen LogP contribution in [0.15, 0.2) is 18.2 Å². The van der Waals surface area contributed by atoms with Gasteiger partial charge in [0.15, 0.2) is 18.1 Å². The van der Waals surface area contributed by atoms with E-state index in [1.54, 1.807) is 18.2 Å². The van der Waals surface area contributed by atoms with Crippen LogP contribution in [0.3, 0.4) is 0 Å². The van der Waals surface area contributed by atoms with Gasteiger partial charge in [0.1, 0.15) is 0 Å².